The van der Waals surface area contributed by atoms with E-state index >= 15 is 0 Å². The number of hydrogen-bond acceptors (Lipinski definition) is 2. The van der Waals surface area contributed by atoms with Crippen LogP contribution >= 0.6 is 0 Å². The Kier molecular flexibility index (Phi) is 6.35. The van der Waals surface area contributed by atoms with Crippen molar-refractivity contribution in [3.63, 3.8) is 0 Å². The summed E-state index contributed by atoms with van der Waals surface area (Å²) in [7, 11) is 0. The van der Waals surface area contributed by atoms with E-state index in [2.05, 4.69) is 10.3 Å². The van der Waals surface area contributed by atoms with Crippen LogP contribution in [0.15, 0.2) is 48.7 Å². The molecule has 128 valence electrons. The summed E-state index contributed by atoms with van der Waals surface area (Å²) in [4.78, 5) is 16.2. The number of pyridine rings is 1. The highest BCUT2D eigenvalue weighted by molar-refractivity contribution is 5.91. The summed E-state index contributed by atoms with van der Waals surface area (Å²) in [5.74, 6) is -0.203. The standard InChI is InChI=1S/C18H19F3N2O/c19-18(20,21)12-11-14-6-1-2-9-16(14)23-17(24)10-5-8-15-7-3-4-13-22-15/h1-4,6-7,9,13H,5,8,10-12H2,(H,23,24). The molecular weight excluding hydrogens is 317 g/mol. The molecule has 3 nitrogen and oxygen atoms in total. The van der Waals surface area contributed by atoms with Crippen molar-refractivity contribution in [1.29, 1.82) is 0 Å². The summed E-state index contributed by atoms with van der Waals surface area (Å²) < 4.78 is 37.1. The molecule has 0 atom stereocenters. The van der Waals surface area contributed by atoms with Crippen LogP contribution in [0, 0.1) is 0 Å². The van der Waals surface area contributed by atoms with E-state index in [1.54, 1.807) is 30.5 Å². The first-order chi connectivity index (χ1) is 11.4. The Morgan fingerprint density at radius 2 is 1.79 bits per heavy atom. The van der Waals surface area contributed by atoms with Gasteiger partial charge >= 0.3 is 6.18 Å². The Morgan fingerprint density at radius 3 is 2.50 bits per heavy atom. The number of rotatable bonds is 7. The Labute approximate surface area is 138 Å². The van der Waals surface area contributed by atoms with Gasteiger partial charge in [-0.2, -0.15) is 13.2 Å². The Balaban J connectivity index is 1.85. The molecule has 1 amide bonds. The van der Waals surface area contributed by atoms with E-state index in [0.717, 1.165) is 5.69 Å². The lowest BCUT2D eigenvalue weighted by Gasteiger charge is -2.12. The number of nitrogens with zero attached hydrogens (tertiary/aromatic N) is 1. The first-order valence-corrected chi connectivity index (χ1v) is 7.78. The third-order valence-electron chi connectivity index (χ3n) is 3.53. The van der Waals surface area contributed by atoms with Crippen molar-refractivity contribution in [2.45, 2.75) is 38.3 Å². The minimum atomic E-state index is -4.21. The maximum absolute atomic E-state index is 12.4. The largest absolute Gasteiger partial charge is 0.389 e. The molecular formula is C18H19F3N2O. The topological polar surface area (TPSA) is 42.0 Å². The minimum Gasteiger partial charge on any atom is -0.326 e. The number of alkyl halides is 3. The number of carbonyl (C=O) groups is 1. The van der Waals surface area contributed by atoms with Crippen LogP contribution in [-0.4, -0.2) is 17.1 Å². The van der Waals surface area contributed by atoms with Crippen LogP contribution in [-0.2, 0) is 17.6 Å². The second kappa shape index (κ2) is 8.47. The fourth-order valence-electron chi connectivity index (χ4n) is 2.33. The minimum absolute atomic E-state index is 0.145. The predicted octanol–water partition coefficient (Wildman–Crippen LogP) is 4.54. The van der Waals surface area contributed by atoms with Crippen LogP contribution in [0.2, 0.25) is 0 Å². The van der Waals surface area contributed by atoms with E-state index in [0.29, 0.717) is 30.5 Å². The zero-order valence-electron chi connectivity index (χ0n) is 13.1. The Morgan fingerprint density at radius 1 is 1.04 bits per heavy atom. The van der Waals surface area contributed by atoms with E-state index in [1.807, 2.05) is 18.2 Å². The highest BCUT2D eigenvalue weighted by Crippen LogP contribution is 2.25. The van der Waals surface area contributed by atoms with Gasteiger partial charge in [-0.05, 0) is 43.0 Å². The molecule has 0 aliphatic rings. The van der Waals surface area contributed by atoms with Crippen LogP contribution in [0.1, 0.15) is 30.5 Å². The molecule has 1 aromatic carbocycles. The first kappa shape index (κ1) is 18.0. The van der Waals surface area contributed by atoms with Crippen molar-refractivity contribution >= 4 is 11.6 Å². The molecule has 0 unspecified atom stereocenters. The van der Waals surface area contributed by atoms with E-state index < -0.39 is 12.6 Å². The summed E-state index contributed by atoms with van der Waals surface area (Å²) in [6.45, 7) is 0. The fourth-order valence-corrected chi connectivity index (χ4v) is 2.33. The summed E-state index contributed by atoms with van der Waals surface area (Å²) in [6, 6.07) is 12.2. The molecule has 0 aliphatic heterocycles. The number of benzene rings is 1. The Hall–Kier alpha value is -2.37. The van der Waals surface area contributed by atoms with Gasteiger partial charge in [0.25, 0.3) is 0 Å². The third-order valence-corrected chi connectivity index (χ3v) is 3.53. The van der Waals surface area contributed by atoms with E-state index in [-0.39, 0.29) is 12.3 Å². The molecule has 0 bridgehead atoms. The summed E-state index contributed by atoms with van der Waals surface area (Å²) in [5, 5.41) is 2.71. The highest BCUT2D eigenvalue weighted by Gasteiger charge is 2.26. The van der Waals surface area contributed by atoms with E-state index in [1.165, 1.54) is 0 Å². The molecule has 1 N–H and O–H groups in total. The molecule has 0 fully saturated rings. The van der Waals surface area contributed by atoms with E-state index in [4.69, 9.17) is 0 Å². The zero-order valence-corrected chi connectivity index (χ0v) is 13.1. The lowest BCUT2D eigenvalue weighted by Crippen LogP contribution is -2.14. The lowest BCUT2D eigenvalue weighted by molar-refractivity contribution is -0.133. The molecule has 24 heavy (non-hydrogen) atoms. The van der Waals surface area contributed by atoms with Gasteiger partial charge in [0.2, 0.25) is 5.91 Å². The van der Waals surface area contributed by atoms with Crippen molar-refractivity contribution in [3.05, 3.63) is 59.9 Å². The maximum atomic E-state index is 12.4. The second-order valence-corrected chi connectivity index (χ2v) is 5.50. The Bertz CT molecular complexity index is 657. The van der Waals surface area contributed by atoms with Crippen molar-refractivity contribution < 1.29 is 18.0 Å². The average molecular weight is 336 g/mol. The van der Waals surface area contributed by atoms with Gasteiger partial charge in [-0.1, -0.05) is 24.3 Å². The highest BCUT2D eigenvalue weighted by atomic mass is 19.4. The smallest absolute Gasteiger partial charge is 0.326 e. The van der Waals surface area contributed by atoms with Crippen molar-refractivity contribution in [3.8, 4) is 0 Å². The zero-order chi connectivity index (χ0) is 17.4. The van der Waals surface area contributed by atoms with Crippen molar-refractivity contribution in [1.82, 2.24) is 4.98 Å². The number of hydrogen-bond donors (Lipinski definition) is 1. The third kappa shape index (κ3) is 6.40. The molecule has 0 saturated heterocycles. The monoisotopic (exact) mass is 336 g/mol. The molecule has 2 aromatic rings. The number of carbonyl (C=O) groups excluding carboxylic acids is 1. The van der Waals surface area contributed by atoms with Crippen molar-refractivity contribution in [2.24, 2.45) is 0 Å². The molecule has 1 aromatic heterocycles. The van der Waals surface area contributed by atoms with Gasteiger partial charge in [0, 0.05) is 30.4 Å². The second-order valence-electron chi connectivity index (χ2n) is 5.50. The van der Waals surface area contributed by atoms with Crippen LogP contribution in [0.25, 0.3) is 0 Å². The summed E-state index contributed by atoms with van der Waals surface area (Å²) in [5.41, 5.74) is 1.85. The first-order valence-electron chi connectivity index (χ1n) is 7.78. The quantitative estimate of drug-likeness (QED) is 0.807. The number of para-hydroxylation sites is 1. The average Bonchev–Trinajstić information content (AvgIpc) is 2.54. The van der Waals surface area contributed by atoms with Gasteiger partial charge in [0.05, 0.1) is 0 Å². The molecule has 0 aliphatic carbocycles. The molecule has 0 saturated carbocycles. The van der Waals surface area contributed by atoms with Crippen LogP contribution in [0.5, 0.6) is 0 Å². The fraction of sp³-hybridized carbons (Fsp3) is 0.333. The number of anilines is 1. The molecule has 0 spiro atoms. The molecule has 0 radical (unpaired) electrons. The van der Waals surface area contributed by atoms with Crippen LogP contribution in [0.3, 0.4) is 0 Å². The van der Waals surface area contributed by atoms with Gasteiger partial charge < -0.3 is 5.32 Å². The predicted molar refractivity (Wildman–Crippen MR) is 86.6 cm³/mol. The van der Waals surface area contributed by atoms with Crippen LogP contribution < -0.4 is 5.32 Å². The number of halogens is 3. The van der Waals surface area contributed by atoms with Gasteiger partial charge in [0.15, 0.2) is 0 Å². The molecule has 1 heterocycles. The number of amides is 1. The SMILES string of the molecule is O=C(CCCc1ccccn1)Nc1ccccc1CCC(F)(F)F. The van der Waals surface area contributed by atoms with Crippen molar-refractivity contribution in [2.75, 3.05) is 5.32 Å². The van der Waals surface area contributed by atoms with Crippen LogP contribution in [0.4, 0.5) is 18.9 Å². The number of aryl methyl sites for hydroxylation is 2. The maximum Gasteiger partial charge on any atom is 0.389 e. The summed E-state index contributed by atoms with van der Waals surface area (Å²) >= 11 is 0. The number of aromatic nitrogens is 1. The van der Waals surface area contributed by atoms with Gasteiger partial charge in [-0.25, -0.2) is 0 Å². The molecule has 2 rings (SSSR count). The lowest BCUT2D eigenvalue weighted by atomic mass is 10.1. The molecule has 6 heteroatoms. The van der Waals surface area contributed by atoms with Gasteiger partial charge in [-0.3, -0.25) is 9.78 Å². The number of nitrogens with one attached hydrogen (secondary N) is 1. The van der Waals surface area contributed by atoms with Gasteiger partial charge in [0.1, 0.15) is 0 Å². The van der Waals surface area contributed by atoms with E-state index in [9.17, 15) is 18.0 Å². The normalized spacial score (nSPS) is 11.3. The van der Waals surface area contributed by atoms with Gasteiger partial charge in [-0.15, -0.1) is 0 Å². The summed E-state index contributed by atoms with van der Waals surface area (Å²) in [6.07, 6.45) is -1.94.